The number of hydrogen-bond donors (Lipinski definition) is 1. The molecule has 1 aromatic rings. The van der Waals surface area contributed by atoms with Gasteiger partial charge >= 0.3 is 0 Å². The van der Waals surface area contributed by atoms with Gasteiger partial charge in [-0.05, 0) is 12.1 Å². The lowest BCUT2D eigenvalue weighted by molar-refractivity contribution is 0.0941. The van der Waals surface area contributed by atoms with Gasteiger partial charge in [0, 0.05) is 25.6 Å². The van der Waals surface area contributed by atoms with Crippen molar-refractivity contribution in [1.82, 2.24) is 10.3 Å². The molecule has 1 aromatic heterocycles. The van der Waals surface area contributed by atoms with Gasteiger partial charge in [-0.2, -0.15) is 0 Å². The van der Waals surface area contributed by atoms with Gasteiger partial charge in [-0.1, -0.05) is 0 Å². The summed E-state index contributed by atoms with van der Waals surface area (Å²) in [7, 11) is 0. The Morgan fingerprint density at radius 1 is 1.68 bits per heavy atom. The number of carbonyl (C=O) groups excluding carboxylic acids is 1. The molecule has 0 aromatic carbocycles. The monoisotopic (exact) mass is 260 g/mol. The second kappa shape index (κ2) is 6.76. The van der Waals surface area contributed by atoms with E-state index in [1.165, 1.54) is 0 Å². The molecule has 0 radical (unpaired) electrons. The summed E-state index contributed by atoms with van der Waals surface area (Å²) >= 11 is 0. The molecule has 1 unspecified atom stereocenters. The predicted octanol–water partition coefficient (Wildman–Crippen LogP) is 1.00. The summed E-state index contributed by atoms with van der Waals surface area (Å²) in [5.41, 5.74) is 0.423. The lowest BCUT2D eigenvalue weighted by atomic mass is 10.2. The minimum Gasteiger partial charge on any atom is -0.471 e. The second-order valence-corrected chi connectivity index (χ2v) is 4.17. The normalized spacial score (nSPS) is 17.7. The number of ether oxygens (including phenoxy) is 2. The molecule has 0 spiro atoms. The van der Waals surface area contributed by atoms with Gasteiger partial charge in [-0.25, -0.2) is 4.98 Å². The molecule has 1 aliphatic rings. The highest BCUT2D eigenvalue weighted by Gasteiger charge is 2.21. The van der Waals surface area contributed by atoms with Gasteiger partial charge in [-0.15, -0.1) is 12.3 Å². The molecule has 2 rings (SSSR count). The average molecular weight is 260 g/mol. The largest absolute Gasteiger partial charge is 0.471 e. The Labute approximate surface area is 112 Å². The van der Waals surface area contributed by atoms with Crippen LogP contribution in [0.2, 0.25) is 0 Å². The number of aromatic nitrogens is 1. The van der Waals surface area contributed by atoms with Crippen LogP contribution in [0.3, 0.4) is 0 Å². The Bertz CT molecular complexity index is 476. The van der Waals surface area contributed by atoms with Gasteiger partial charge in [0.05, 0.1) is 13.2 Å². The first-order chi connectivity index (χ1) is 9.31. The molecule has 5 heteroatoms. The van der Waals surface area contributed by atoms with Gasteiger partial charge in [-0.3, -0.25) is 4.79 Å². The quantitative estimate of drug-likeness (QED) is 0.634. The molecule has 2 heterocycles. The fourth-order valence-corrected chi connectivity index (χ4v) is 1.76. The van der Waals surface area contributed by atoms with E-state index in [0.717, 1.165) is 6.42 Å². The minimum atomic E-state index is -0.225. The summed E-state index contributed by atoms with van der Waals surface area (Å²) in [5.74, 6) is 2.59. The highest BCUT2D eigenvalue weighted by Crippen LogP contribution is 2.18. The number of nitrogens with one attached hydrogen (secondary N) is 1. The third-order valence-corrected chi connectivity index (χ3v) is 2.74. The summed E-state index contributed by atoms with van der Waals surface area (Å²) in [6.07, 6.45) is 8.02. The first-order valence-electron chi connectivity index (χ1n) is 6.22. The van der Waals surface area contributed by atoms with Crippen molar-refractivity contribution in [1.29, 1.82) is 0 Å². The van der Waals surface area contributed by atoms with Crippen molar-refractivity contribution in [2.24, 2.45) is 0 Å². The van der Waals surface area contributed by atoms with E-state index >= 15 is 0 Å². The van der Waals surface area contributed by atoms with Crippen molar-refractivity contribution >= 4 is 5.91 Å². The molecule has 1 amide bonds. The van der Waals surface area contributed by atoms with Crippen LogP contribution in [0.1, 0.15) is 23.2 Å². The van der Waals surface area contributed by atoms with Crippen molar-refractivity contribution in [2.45, 2.75) is 18.9 Å². The van der Waals surface area contributed by atoms with Crippen LogP contribution in [0.4, 0.5) is 0 Å². The molecule has 1 N–H and O–H groups in total. The molecule has 0 saturated carbocycles. The van der Waals surface area contributed by atoms with Crippen molar-refractivity contribution in [2.75, 3.05) is 19.8 Å². The zero-order valence-corrected chi connectivity index (χ0v) is 10.6. The van der Waals surface area contributed by atoms with Gasteiger partial charge < -0.3 is 14.8 Å². The number of amides is 1. The molecule has 1 fully saturated rings. The van der Waals surface area contributed by atoms with E-state index in [1.54, 1.807) is 18.3 Å². The van der Waals surface area contributed by atoms with Gasteiger partial charge in [0.2, 0.25) is 5.88 Å². The van der Waals surface area contributed by atoms with Crippen molar-refractivity contribution in [3.63, 3.8) is 0 Å². The first kappa shape index (κ1) is 13.4. The first-order valence-corrected chi connectivity index (χ1v) is 6.22. The smallest absolute Gasteiger partial charge is 0.256 e. The molecular weight excluding hydrogens is 244 g/mol. The van der Waals surface area contributed by atoms with Crippen molar-refractivity contribution in [3.8, 4) is 18.2 Å². The Morgan fingerprint density at radius 3 is 3.32 bits per heavy atom. The van der Waals surface area contributed by atoms with Crippen molar-refractivity contribution < 1.29 is 14.3 Å². The van der Waals surface area contributed by atoms with Crippen LogP contribution in [0.25, 0.3) is 0 Å². The van der Waals surface area contributed by atoms with E-state index in [9.17, 15) is 4.79 Å². The lowest BCUT2D eigenvalue weighted by Crippen LogP contribution is -2.26. The molecule has 0 aliphatic carbocycles. The topological polar surface area (TPSA) is 60.5 Å². The Hall–Kier alpha value is -2.06. The SMILES string of the molecule is C#CCCNC(=O)c1cccnc1OC1CCOC1. The fourth-order valence-electron chi connectivity index (χ4n) is 1.76. The van der Waals surface area contributed by atoms with Crippen LogP contribution in [-0.2, 0) is 4.74 Å². The maximum absolute atomic E-state index is 12.0. The number of nitrogens with zero attached hydrogens (tertiary/aromatic N) is 1. The van der Waals surface area contributed by atoms with Crippen LogP contribution in [-0.4, -0.2) is 36.8 Å². The Morgan fingerprint density at radius 2 is 2.58 bits per heavy atom. The number of hydrogen-bond acceptors (Lipinski definition) is 4. The van der Waals surface area contributed by atoms with Crippen LogP contribution < -0.4 is 10.1 Å². The van der Waals surface area contributed by atoms with E-state index in [0.29, 0.717) is 37.6 Å². The van der Waals surface area contributed by atoms with E-state index in [4.69, 9.17) is 15.9 Å². The standard InChI is InChI=1S/C14H16N2O3/c1-2-3-7-15-13(17)12-5-4-8-16-14(12)19-11-6-9-18-10-11/h1,4-5,8,11H,3,6-7,9-10H2,(H,15,17). The van der Waals surface area contributed by atoms with E-state index in [2.05, 4.69) is 16.2 Å². The van der Waals surface area contributed by atoms with Crippen LogP contribution >= 0.6 is 0 Å². The molecular formula is C14H16N2O3. The average Bonchev–Trinajstić information content (AvgIpc) is 2.92. The number of rotatable bonds is 5. The molecule has 1 saturated heterocycles. The van der Waals surface area contributed by atoms with E-state index < -0.39 is 0 Å². The van der Waals surface area contributed by atoms with Crippen LogP contribution in [0.5, 0.6) is 5.88 Å². The highest BCUT2D eigenvalue weighted by atomic mass is 16.5. The highest BCUT2D eigenvalue weighted by molar-refractivity contribution is 5.96. The number of terminal acetylenes is 1. The zero-order chi connectivity index (χ0) is 13.5. The fraction of sp³-hybridized carbons (Fsp3) is 0.429. The molecule has 19 heavy (non-hydrogen) atoms. The summed E-state index contributed by atoms with van der Waals surface area (Å²) < 4.78 is 10.9. The zero-order valence-electron chi connectivity index (χ0n) is 10.6. The van der Waals surface area contributed by atoms with E-state index in [1.807, 2.05) is 0 Å². The lowest BCUT2D eigenvalue weighted by Gasteiger charge is -2.13. The Balaban J connectivity index is 2.02. The van der Waals surface area contributed by atoms with Gasteiger partial charge in [0.1, 0.15) is 11.7 Å². The van der Waals surface area contributed by atoms with Crippen LogP contribution in [0.15, 0.2) is 18.3 Å². The molecule has 5 nitrogen and oxygen atoms in total. The summed E-state index contributed by atoms with van der Waals surface area (Å²) in [4.78, 5) is 16.1. The molecule has 1 aliphatic heterocycles. The maximum atomic E-state index is 12.0. The van der Waals surface area contributed by atoms with Crippen molar-refractivity contribution in [3.05, 3.63) is 23.9 Å². The Kier molecular flexibility index (Phi) is 4.76. The number of carbonyl (C=O) groups is 1. The third kappa shape index (κ3) is 3.70. The summed E-state index contributed by atoms with van der Waals surface area (Å²) in [5, 5.41) is 2.73. The second-order valence-electron chi connectivity index (χ2n) is 4.17. The van der Waals surface area contributed by atoms with Gasteiger partial charge in [0.15, 0.2) is 0 Å². The predicted molar refractivity (Wildman–Crippen MR) is 69.9 cm³/mol. The summed E-state index contributed by atoms with van der Waals surface area (Å²) in [6, 6.07) is 3.39. The minimum absolute atomic E-state index is 0.0350. The summed E-state index contributed by atoms with van der Waals surface area (Å²) in [6.45, 7) is 1.66. The van der Waals surface area contributed by atoms with Crippen LogP contribution in [0, 0.1) is 12.3 Å². The maximum Gasteiger partial charge on any atom is 0.256 e. The third-order valence-electron chi connectivity index (χ3n) is 2.74. The molecule has 100 valence electrons. The molecule has 0 bridgehead atoms. The molecule has 1 atom stereocenters. The van der Waals surface area contributed by atoms with E-state index in [-0.39, 0.29) is 12.0 Å². The van der Waals surface area contributed by atoms with Gasteiger partial charge in [0.25, 0.3) is 5.91 Å². The number of pyridine rings is 1.